The first-order valence-corrected chi connectivity index (χ1v) is 12.9. The quantitative estimate of drug-likeness (QED) is 0.192. The van der Waals surface area contributed by atoms with E-state index < -0.39 is 66.2 Å². The highest BCUT2D eigenvalue weighted by molar-refractivity contribution is 7.66. The summed E-state index contributed by atoms with van der Waals surface area (Å²) < 4.78 is 50.9. The van der Waals surface area contributed by atoms with Crippen molar-refractivity contribution in [1.82, 2.24) is 10.2 Å². The van der Waals surface area contributed by atoms with Crippen LogP contribution < -0.4 is 5.32 Å². The molecule has 3 unspecified atom stereocenters. The molecule has 7 N–H and O–H groups in total. The van der Waals surface area contributed by atoms with Crippen molar-refractivity contribution in [2.24, 2.45) is 5.41 Å². The van der Waals surface area contributed by atoms with Gasteiger partial charge < -0.3 is 39.8 Å². The number of phosphoric acid groups is 3. The van der Waals surface area contributed by atoms with Gasteiger partial charge in [-0.15, -0.1) is 0 Å². The Hall–Kier alpha value is -1.21. The van der Waals surface area contributed by atoms with Crippen LogP contribution in [0.4, 0.5) is 4.79 Å². The number of hydrogen-bond donors (Lipinski definition) is 7. The van der Waals surface area contributed by atoms with Gasteiger partial charge in [0.2, 0.25) is 0 Å². The summed E-state index contributed by atoms with van der Waals surface area (Å²) in [5.41, 5.74) is -1.54. The molecule has 17 nitrogen and oxygen atoms in total. The van der Waals surface area contributed by atoms with E-state index in [-0.39, 0.29) is 5.57 Å². The zero-order valence-electron chi connectivity index (χ0n) is 16.3. The van der Waals surface area contributed by atoms with E-state index in [9.17, 15) is 38.9 Å². The molecule has 20 heteroatoms. The Kier molecular flexibility index (Phi) is 7.78. The molecule has 1 fully saturated rings. The van der Waals surface area contributed by atoms with Crippen molar-refractivity contribution in [2.75, 3.05) is 6.61 Å². The second kappa shape index (κ2) is 9.21. The van der Waals surface area contributed by atoms with Crippen LogP contribution >= 0.6 is 23.5 Å². The van der Waals surface area contributed by atoms with Crippen molar-refractivity contribution in [1.29, 1.82) is 5.26 Å². The Morgan fingerprint density at radius 3 is 2.34 bits per heavy atom. The number of carbonyl (C=O) groups is 1. The number of nitriles is 1. The minimum atomic E-state index is -5.75. The minimum absolute atomic E-state index is 0.264. The third-order valence-electron chi connectivity index (χ3n) is 4.36. The van der Waals surface area contributed by atoms with Crippen LogP contribution in [0.25, 0.3) is 0 Å². The Balaban J connectivity index is 2.16. The summed E-state index contributed by atoms with van der Waals surface area (Å²) in [5.74, 6) is 0. The Morgan fingerprint density at radius 2 is 1.81 bits per heavy atom. The molecule has 2 aliphatic rings. The lowest BCUT2D eigenvalue weighted by Crippen LogP contribution is -2.55. The Labute approximate surface area is 180 Å². The molecule has 0 aromatic carbocycles. The van der Waals surface area contributed by atoms with Crippen molar-refractivity contribution in [3.63, 3.8) is 0 Å². The lowest BCUT2D eigenvalue weighted by Gasteiger charge is -2.36. The maximum Gasteiger partial charge on any atom is 0.490 e. The van der Waals surface area contributed by atoms with Crippen LogP contribution in [0.2, 0.25) is 0 Å². The number of nitrogens with one attached hydrogen (secondary N) is 1. The predicted molar refractivity (Wildman–Crippen MR) is 98.3 cm³/mol. The van der Waals surface area contributed by atoms with E-state index in [2.05, 4.69) is 18.5 Å². The minimum Gasteiger partial charge on any atom is -0.388 e. The van der Waals surface area contributed by atoms with E-state index in [4.69, 9.17) is 19.4 Å². The van der Waals surface area contributed by atoms with Gasteiger partial charge in [-0.2, -0.15) is 13.9 Å². The second-order valence-electron chi connectivity index (χ2n) is 6.89. The van der Waals surface area contributed by atoms with Crippen LogP contribution in [0.15, 0.2) is 11.8 Å². The first-order chi connectivity index (χ1) is 14.4. The average molecular weight is 523 g/mol. The summed E-state index contributed by atoms with van der Waals surface area (Å²) in [7, 11) is -16.8. The van der Waals surface area contributed by atoms with Gasteiger partial charge in [0, 0.05) is 6.20 Å². The molecular weight excluding hydrogens is 503 g/mol. The first kappa shape index (κ1) is 27.0. The van der Waals surface area contributed by atoms with Crippen LogP contribution in [0.5, 0.6) is 0 Å². The number of amides is 2. The maximum absolute atomic E-state index is 12.2. The summed E-state index contributed by atoms with van der Waals surface area (Å²) in [6, 6.07) is 0.898. The van der Waals surface area contributed by atoms with Crippen molar-refractivity contribution in [3.05, 3.63) is 11.8 Å². The molecule has 0 spiro atoms. The molecule has 2 amide bonds. The lowest BCUT2D eigenvalue weighted by atomic mass is 9.83. The number of aliphatic hydroxyl groups is 2. The van der Waals surface area contributed by atoms with E-state index in [1.807, 2.05) is 0 Å². The van der Waals surface area contributed by atoms with Crippen molar-refractivity contribution in [2.45, 2.75) is 38.5 Å². The number of hydrogen-bond acceptors (Lipinski definition) is 11. The van der Waals surface area contributed by atoms with Gasteiger partial charge in [0.25, 0.3) is 0 Å². The number of aliphatic hydroxyl groups excluding tert-OH is 2. The average Bonchev–Trinajstić information content (AvgIpc) is 2.85. The molecule has 182 valence electrons. The smallest absolute Gasteiger partial charge is 0.388 e. The molecule has 32 heavy (non-hydrogen) atoms. The van der Waals surface area contributed by atoms with Crippen molar-refractivity contribution in [3.8, 4) is 6.07 Å². The van der Waals surface area contributed by atoms with E-state index in [0.717, 1.165) is 4.90 Å². The van der Waals surface area contributed by atoms with Gasteiger partial charge in [-0.3, -0.25) is 9.42 Å². The molecule has 7 atom stereocenters. The summed E-state index contributed by atoms with van der Waals surface area (Å²) >= 11 is 0. The monoisotopic (exact) mass is 523 g/mol. The summed E-state index contributed by atoms with van der Waals surface area (Å²) in [6.07, 6.45) is -4.86. The fraction of sp³-hybridized carbons (Fsp3) is 0.667. The lowest BCUT2D eigenvalue weighted by molar-refractivity contribution is -0.0620. The molecule has 0 aromatic rings. The summed E-state index contributed by atoms with van der Waals surface area (Å²) in [5, 5.41) is 31.9. The Bertz CT molecular complexity index is 976. The van der Waals surface area contributed by atoms with Gasteiger partial charge in [0.1, 0.15) is 17.6 Å². The van der Waals surface area contributed by atoms with E-state index >= 15 is 0 Å². The number of nitrogens with zero attached hydrogens (tertiary/aromatic N) is 2. The molecule has 2 rings (SSSR count). The zero-order chi connectivity index (χ0) is 24.7. The maximum atomic E-state index is 12.2. The number of ether oxygens (including phenoxy) is 1. The standard InChI is InChI=1S/C12H20N3O14P3/c1-6-3-15(11(18)14-9(6)17)10-12(2,5-13)8(16)7(27-10)4-26-31(22,23)29-32(24,25)28-30(19,20)21/h3,7-10,16-17H,4H2,1-2H3,(H,14,18)(H,22,23)(H,24,25)(H2,19,20,21)/t7-,8-,9?,10-,12-/m1/s1. The normalized spacial score (nSPS) is 34.8. The van der Waals surface area contributed by atoms with E-state index in [1.54, 1.807) is 6.07 Å². The third-order valence-corrected chi connectivity index (χ3v) is 8.17. The molecule has 1 saturated heterocycles. The summed E-state index contributed by atoms with van der Waals surface area (Å²) in [6.45, 7) is 1.65. The SMILES string of the molecule is CC1=CN([C@@H]2O[C@H](COP(=O)(O)OP(=O)(O)OP(=O)(O)O)[C@@H](O)[C@@]2(C)C#N)C(=O)NC1O. The fourth-order valence-electron chi connectivity index (χ4n) is 2.82. The highest BCUT2D eigenvalue weighted by Gasteiger charge is 2.57. The molecule has 0 aliphatic carbocycles. The summed E-state index contributed by atoms with van der Waals surface area (Å²) in [4.78, 5) is 48.8. The Morgan fingerprint density at radius 1 is 1.22 bits per heavy atom. The van der Waals surface area contributed by atoms with Crippen LogP contribution in [0.1, 0.15) is 13.8 Å². The number of phosphoric ester groups is 1. The highest BCUT2D eigenvalue weighted by atomic mass is 31.3. The number of carbonyl (C=O) groups excluding carboxylic acids is 1. The van der Waals surface area contributed by atoms with Gasteiger partial charge in [-0.1, -0.05) is 0 Å². The van der Waals surface area contributed by atoms with Crippen LogP contribution in [0, 0.1) is 16.7 Å². The van der Waals surface area contributed by atoms with Crippen LogP contribution in [-0.2, 0) is 31.6 Å². The molecule has 0 aromatic heterocycles. The number of rotatable bonds is 8. The predicted octanol–water partition coefficient (Wildman–Crippen LogP) is -0.807. The van der Waals surface area contributed by atoms with Gasteiger partial charge in [0.05, 0.1) is 12.7 Å². The van der Waals surface area contributed by atoms with Gasteiger partial charge in [-0.25, -0.2) is 18.5 Å². The highest BCUT2D eigenvalue weighted by Crippen LogP contribution is 2.66. The van der Waals surface area contributed by atoms with E-state index in [1.165, 1.54) is 20.0 Å². The largest absolute Gasteiger partial charge is 0.490 e. The molecule has 0 radical (unpaired) electrons. The molecule has 2 aliphatic heterocycles. The first-order valence-electron chi connectivity index (χ1n) is 8.39. The third kappa shape index (κ3) is 6.22. The van der Waals surface area contributed by atoms with Crippen LogP contribution in [0.3, 0.4) is 0 Å². The van der Waals surface area contributed by atoms with Gasteiger partial charge in [0.15, 0.2) is 12.5 Å². The van der Waals surface area contributed by atoms with Gasteiger partial charge in [-0.05, 0) is 19.4 Å². The van der Waals surface area contributed by atoms with Crippen molar-refractivity contribution < 1.29 is 66.2 Å². The fourth-order valence-corrected chi connectivity index (χ4v) is 5.85. The molecule has 0 bridgehead atoms. The molecule has 0 saturated carbocycles. The molecular formula is C12H20N3O14P3. The topological polar surface area (TPSA) is 266 Å². The second-order valence-corrected chi connectivity index (χ2v) is 11.3. The van der Waals surface area contributed by atoms with Crippen molar-refractivity contribution >= 4 is 29.5 Å². The van der Waals surface area contributed by atoms with E-state index in [0.29, 0.717) is 0 Å². The number of urea groups is 1. The van der Waals surface area contributed by atoms with Gasteiger partial charge >= 0.3 is 29.5 Å². The molecule has 2 heterocycles. The zero-order valence-corrected chi connectivity index (χ0v) is 19.0. The van der Waals surface area contributed by atoms with Crippen LogP contribution in [-0.4, -0.2) is 72.0 Å².